The third kappa shape index (κ3) is 5.90. The Morgan fingerprint density at radius 3 is 2.86 bits per heavy atom. The van der Waals surface area contributed by atoms with Gasteiger partial charge in [-0.15, -0.1) is 0 Å². The lowest BCUT2D eigenvalue weighted by molar-refractivity contribution is -0.384. The summed E-state index contributed by atoms with van der Waals surface area (Å²) in [5, 5.41) is 25.3. The van der Waals surface area contributed by atoms with Crippen LogP contribution in [0.2, 0.25) is 0 Å². The van der Waals surface area contributed by atoms with Gasteiger partial charge in [0, 0.05) is 18.7 Å². The van der Waals surface area contributed by atoms with Gasteiger partial charge in [0.2, 0.25) is 0 Å². The quantitative estimate of drug-likeness (QED) is 0.281. The highest BCUT2D eigenvalue weighted by Crippen LogP contribution is 2.28. The van der Waals surface area contributed by atoms with E-state index in [1.165, 1.54) is 25.3 Å². The second kappa shape index (κ2) is 9.06. The molecule has 1 aromatic carbocycles. The molecule has 1 rings (SSSR count). The molecule has 0 heterocycles. The zero-order valence-electron chi connectivity index (χ0n) is 11.5. The molecular weight excluding hydrogens is 298 g/mol. The van der Waals surface area contributed by atoms with Crippen LogP contribution in [0.1, 0.15) is 0 Å². The minimum atomic E-state index is -0.496. The van der Waals surface area contributed by atoms with Crippen molar-refractivity contribution in [2.75, 3.05) is 38.8 Å². The van der Waals surface area contributed by atoms with Gasteiger partial charge in [0.25, 0.3) is 5.69 Å². The molecule has 0 aliphatic rings. The molecule has 9 heteroatoms. The first-order valence-electron chi connectivity index (χ1n) is 6.14. The van der Waals surface area contributed by atoms with Crippen molar-refractivity contribution in [2.24, 2.45) is 0 Å². The maximum atomic E-state index is 10.8. The Hall–Kier alpha value is -1.97. The van der Waals surface area contributed by atoms with E-state index in [-0.39, 0.29) is 18.9 Å². The summed E-state index contributed by atoms with van der Waals surface area (Å²) < 4.78 is 10.2. The maximum absolute atomic E-state index is 10.8. The SMILES string of the molecule is COc1ccc([N+](=O)[O-])cc1NC(=S)NCCOCCO. The monoisotopic (exact) mass is 315 g/mol. The molecule has 3 N–H and O–H groups in total. The second-order valence-corrected chi connectivity index (χ2v) is 4.27. The number of nitrogens with zero attached hydrogens (tertiary/aromatic N) is 1. The van der Waals surface area contributed by atoms with Gasteiger partial charge in [0.1, 0.15) is 5.75 Å². The van der Waals surface area contributed by atoms with Crippen LogP contribution < -0.4 is 15.4 Å². The largest absolute Gasteiger partial charge is 0.495 e. The first-order valence-corrected chi connectivity index (χ1v) is 6.55. The van der Waals surface area contributed by atoms with Gasteiger partial charge in [-0.25, -0.2) is 0 Å². The Bertz CT molecular complexity index is 498. The first-order chi connectivity index (χ1) is 10.1. The van der Waals surface area contributed by atoms with Gasteiger partial charge in [-0.1, -0.05) is 0 Å². The van der Waals surface area contributed by atoms with E-state index in [0.29, 0.717) is 29.7 Å². The minimum Gasteiger partial charge on any atom is -0.495 e. The first kappa shape index (κ1) is 17.1. The summed E-state index contributed by atoms with van der Waals surface area (Å²) in [5.41, 5.74) is 0.341. The summed E-state index contributed by atoms with van der Waals surface area (Å²) in [6.07, 6.45) is 0. The highest BCUT2D eigenvalue weighted by Gasteiger charge is 2.12. The van der Waals surface area contributed by atoms with Crippen LogP contribution in [0.5, 0.6) is 5.75 Å². The third-order valence-electron chi connectivity index (χ3n) is 2.41. The summed E-state index contributed by atoms with van der Waals surface area (Å²) in [7, 11) is 1.46. The van der Waals surface area contributed by atoms with Crippen LogP contribution in [0, 0.1) is 10.1 Å². The standard InChI is InChI=1S/C12H17N3O5S/c1-19-11-3-2-9(15(17)18)8-10(11)14-12(21)13-4-6-20-7-5-16/h2-3,8,16H,4-7H2,1H3,(H2,13,14,21). The number of non-ortho nitro benzene ring substituents is 1. The van der Waals surface area contributed by atoms with Crippen molar-refractivity contribution in [2.45, 2.75) is 0 Å². The van der Waals surface area contributed by atoms with E-state index in [0.717, 1.165) is 0 Å². The smallest absolute Gasteiger partial charge is 0.271 e. The molecule has 0 spiro atoms. The van der Waals surface area contributed by atoms with Gasteiger partial charge >= 0.3 is 0 Å². The van der Waals surface area contributed by atoms with Gasteiger partial charge in [0.15, 0.2) is 5.11 Å². The third-order valence-corrected chi connectivity index (χ3v) is 2.66. The van der Waals surface area contributed by atoms with E-state index < -0.39 is 4.92 Å². The zero-order chi connectivity index (χ0) is 15.7. The van der Waals surface area contributed by atoms with Gasteiger partial charge in [-0.3, -0.25) is 10.1 Å². The van der Waals surface area contributed by atoms with Gasteiger partial charge in [0.05, 0.1) is 37.5 Å². The Balaban J connectivity index is 2.57. The summed E-state index contributed by atoms with van der Waals surface area (Å²) >= 11 is 5.08. The Kier molecular flexibility index (Phi) is 7.37. The maximum Gasteiger partial charge on any atom is 0.271 e. The predicted molar refractivity (Wildman–Crippen MR) is 81.8 cm³/mol. The number of nitro benzene ring substituents is 1. The van der Waals surface area contributed by atoms with E-state index in [2.05, 4.69) is 10.6 Å². The van der Waals surface area contributed by atoms with E-state index in [1.54, 1.807) is 0 Å². The second-order valence-electron chi connectivity index (χ2n) is 3.86. The fourth-order valence-electron chi connectivity index (χ4n) is 1.48. The van der Waals surface area contributed by atoms with Crippen LogP contribution in [-0.4, -0.2) is 48.6 Å². The number of nitro groups is 1. The van der Waals surface area contributed by atoms with Crippen LogP contribution >= 0.6 is 12.2 Å². The molecule has 0 fully saturated rings. The van der Waals surface area contributed by atoms with Crippen LogP contribution in [-0.2, 0) is 4.74 Å². The minimum absolute atomic E-state index is 0.0341. The number of aliphatic hydroxyl groups is 1. The molecule has 0 bridgehead atoms. The molecule has 8 nitrogen and oxygen atoms in total. The number of ether oxygens (including phenoxy) is 2. The van der Waals surface area contributed by atoms with Crippen LogP contribution in [0.25, 0.3) is 0 Å². The average Bonchev–Trinajstić information content (AvgIpc) is 2.46. The van der Waals surface area contributed by atoms with Crippen molar-refractivity contribution < 1.29 is 19.5 Å². The molecule has 0 saturated heterocycles. The lowest BCUT2D eigenvalue weighted by Crippen LogP contribution is -2.31. The molecular formula is C12H17N3O5S. The van der Waals surface area contributed by atoms with Crippen molar-refractivity contribution in [1.29, 1.82) is 0 Å². The molecule has 1 aromatic rings. The number of hydrogen-bond acceptors (Lipinski definition) is 6. The van der Waals surface area contributed by atoms with E-state index >= 15 is 0 Å². The van der Waals surface area contributed by atoms with Crippen molar-refractivity contribution in [3.05, 3.63) is 28.3 Å². The summed E-state index contributed by atoms with van der Waals surface area (Å²) in [6, 6.07) is 4.19. The summed E-state index contributed by atoms with van der Waals surface area (Å²) in [5.74, 6) is 0.446. The average molecular weight is 315 g/mol. The van der Waals surface area contributed by atoms with Gasteiger partial charge < -0.3 is 25.2 Å². The molecule has 0 saturated carbocycles. The summed E-state index contributed by atoms with van der Waals surface area (Å²) in [4.78, 5) is 10.3. The highest BCUT2D eigenvalue weighted by atomic mass is 32.1. The van der Waals surface area contributed by atoms with E-state index in [9.17, 15) is 10.1 Å². The topological polar surface area (TPSA) is 106 Å². The number of anilines is 1. The molecule has 0 atom stereocenters. The molecule has 21 heavy (non-hydrogen) atoms. The lowest BCUT2D eigenvalue weighted by atomic mass is 10.2. The number of benzene rings is 1. The molecule has 0 unspecified atom stereocenters. The number of methoxy groups -OCH3 is 1. The van der Waals surface area contributed by atoms with Crippen molar-refractivity contribution in [1.82, 2.24) is 5.32 Å². The zero-order valence-corrected chi connectivity index (χ0v) is 12.3. The van der Waals surface area contributed by atoms with Crippen LogP contribution in [0.3, 0.4) is 0 Å². The lowest BCUT2D eigenvalue weighted by Gasteiger charge is -2.13. The highest BCUT2D eigenvalue weighted by molar-refractivity contribution is 7.80. The molecule has 0 amide bonds. The molecule has 116 valence electrons. The van der Waals surface area contributed by atoms with Crippen molar-refractivity contribution in [3.8, 4) is 5.75 Å². The van der Waals surface area contributed by atoms with Crippen molar-refractivity contribution >= 4 is 28.7 Å². The number of hydrogen-bond donors (Lipinski definition) is 3. The number of rotatable bonds is 8. The number of nitrogens with one attached hydrogen (secondary N) is 2. The Labute approximate surface area is 127 Å². The molecule has 0 aromatic heterocycles. The van der Waals surface area contributed by atoms with Crippen molar-refractivity contribution in [3.63, 3.8) is 0 Å². The Morgan fingerprint density at radius 1 is 1.48 bits per heavy atom. The fourth-order valence-corrected chi connectivity index (χ4v) is 1.69. The predicted octanol–water partition coefficient (Wildman–Crippen LogP) is 0.899. The number of aliphatic hydroxyl groups excluding tert-OH is 1. The van der Waals surface area contributed by atoms with Gasteiger partial charge in [-0.05, 0) is 18.3 Å². The normalized spacial score (nSPS) is 10.0. The summed E-state index contributed by atoms with van der Waals surface area (Å²) in [6.45, 7) is 1.06. The molecule has 0 aliphatic carbocycles. The van der Waals surface area contributed by atoms with Gasteiger partial charge in [-0.2, -0.15) is 0 Å². The van der Waals surface area contributed by atoms with E-state index in [4.69, 9.17) is 26.8 Å². The van der Waals surface area contributed by atoms with E-state index in [1.807, 2.05) is 0 Å². The number of thiocarbonyl (C=S) groups is 1. The Morgan fingerprint density at radius 2 is 2.24 bits per heavy atom. The molecule has 0 aliphatic heterocycles. The van der Waals surface area contributed by atoms with Crippen LogP contribution in [0.15, 0.2) is 18.2 Å². The molecule has 0 radical (unpaired) electrons. The fraction of sp³-hybridized carbons (Fsp3) is 0.417. The van der Waals surface area contributed by atoms with Crippen LogP contribution in [0.4, 0.5) is 11.4 Å².